The molecule has 7 heavy (non-hydrogen) atoms. The highest BCUT2D eigenvalue weighted by atomic mass is 32.3. The van der Waals surface area contributed by atoms with Crippen LogP contribution in [0.15, 0.2) is 0 Å². The Balaban J connectivity index is 3.60. The molecule has 0 aliphatic heterocycles. The number of hydrogen-bond donors (Lipinski definition) is 0. The van der Waals surface area contributed by atoms with Crippen molar-refractivity contribution in [3.63, 3.8) is 0 Å². The molecule has 0 heterocycles. The van der Waals surface area contributed by atoms with Gasteiger partial charge in [-0.25, -0.2) is 4.18 Å². The summed E-state index contributed by atoms with van der Waals surface area (Å²) in [7, 11) is -4.67. The fourth-order valence-corrected chi connectivity index (χ4v) is 0.422. The lowest BCUT2D eigenvalue weighted by atomic mass is 10.9. The minimum Gasteiger partial charge on any atom is -0.245 e. The summed E-state index contributed by atoms with van der Waals surface area (Å²) in [5.41, 5.74) is 0. The van der Waals surface area contributed by atoms with Crippen LogP contribution in [0.3, 0.4) is 0 Å². The van der Waals surface area contributed by atoms with E-state index >= 15 is 0 Å². The molecule has 0 fully saturated rings. The lowest BCUT2D eigenvalue weighted by Crippen LogP contribution is -1.95. The molecule has 0 unspecified atom stereocenters. The molecule has 0 aromatic carbocycles. The fourth-order valence-electron chi connectivity index (χ4n) is 0.141. The van der Waals surface area contributed by atoms with Crippen molar-refractivity contribution < 1.29 is 16.5 Å². The van der Waals surface area contributed by atoms with E-state index in [0.717, 1.165) is 0 Å². The summed E-state index contributed by atoms with van der Waals surface area (Å²) in [5, 5.41) is 0. The Bertz CT molecular complexity index is 126. The Morgan fingerprint density at radius 2 is 2.14 bits per heavy atom. The molecule has 44 valence electrons. The summed E-state index contributed by atoms with van der Waals surface area (Å²) in [4.78, 5) is 0. The van der Waals surface area contributed by atoms with E-state index in [2.05, 4.69) is 4.18 Å². The summed E-state index contributed by atoms with van der Waals surface area (Å²) in [5.74, 6) is 0. The first kappa shape index (κ1) is 6.84. The summed E-state index contributed by atoms with van der Waals surface area (Å²) >= 11 is 0. The highest BCUT2D eigenvalue weighted by molar-refractivity contribution is 7.81. The summed E-state index contributed by atoms with van der Waals surface area (Å²) in [6, 6.07) is 0. The Kier molecular flexibility index (Phi) is 2.17. The lowest BCUT2D eigenvalue weighted by Gasteiger charge is -1.85. The van der Waals surface area contributed by atoms with Gasteiger partial charge in [0, 0.05) is 0 Å². The largest absolute Gasteiger partial charge is 0.437 e. The zero-order chi connectivity index (χ0) is 5.91. The first-order valence-corrected chi connectivity index (χ1v) is 2.96. The van der Waals surface area contributed by atoms with Crippen molar-refractivity contribution in [3.8, 4) is 0 Å². The number of hydrogen-bond acceptors (Lipinski definition) is 3. The van der Waals surface area contributed by atoms with E-state index in [1.165, 1.54) is 6.92 Å². The van der Waals surface area contributed by atoms with Crippen molar-refractivity contribution in [1.82, 2.24) is 0 Å². The van der Waals surface area contributed by atoms with Crippen LogP contribution in [0.4, 0.5) is 3.89 Å². The molecule has 0 radical (unpaired) electrons. The van der Waals surface area contributed by atoms with Crippen molar-refractivity contribution in [2.24, 2.45) is 0 Å². The third kappa shape index (κ3) is 5.84. The van der Waals surface area contributed by atoms with Gasteiger partial charge in [0.1, 0.15) is 0 Å². The van der Waals surface area contributed by atoms with Gasteiger partial charge in [-0.15, -0.1) is 0 Å². The molecule has 5 heteroatoms. The van der Waals surface area contributed by atoms with Gasteiger partial charge in [-0.3, -0.25) is 0 Å². The quantitative estimate of drug-likeness (QED) is 0.500. The molecule has 0 N–H and O–H groups in total. The number of rotatable bonds is 2. The van der Waals surface area contributed by atoms with E-state index in [1.54, 1.807) is 0 Å². The highest BCUT2D eigenvalue weighted by Crippen LogP contribution is 1.90. The predicted octanol–water partition coefficient (Wildman–Crippen LogP) is 0.237. The molecule has 3 nitrogen and oxygen atoms in total. The maximum absolute atomic E-state index is 11.1. The Morgan fingerprint density at radius 1 is 1.71 bits per heavy atom. The Hall–Kier alpha value is -0.160. The molecule has 0 spiro atoms. The van der Waals surface area contributed by atoms with Gasteiger partial charge in [0.05, 0.1) is 6.61 Å². The minimum absolute atomic E-state index is 0.154. The zero-order valence-electron chi connectivity index (χ0n) is 3.72. The molecule has 0 aliphatic carbocycles. The van der Waals surface area contributed by atoms with E-state index in [9.17, 15) is 12.3 Å². The van der Waals surface area contributed by atoms with Crippen LogP contribution in [-0.2, 0) is 14.7 Å². The van der Waals surface area contributed by atoms with Crippen LogP contribution in [0, 0.1) is 0 Å². The third-order valence-electron chi connectivity index (χ3n) is 0.259. The third-order valence-corrected chi connectivity index (χ3v) is 0.776. The van der Waals surface area contributed by atoms with Crippen LogP contribution in [0.1, 0.15) is 6.92 Å². The summed E-state index contributed by atoms with van der Waals surface area (Å²) in [6.45, 7) is 1.23. The van der Waals surface area contributed by atoms with Crippen molar-refractivity contribution in [2.45, 2.75) is 6.92 Å². The normalized spacial score (nSPS) is 11.7. The molecule has 0 rings (SSSR count). The van der Waals surface area contributed by atoms with Gasteiger partial charge >= 0.3 is 10.5 Å². The standard InChI is InChI=1S/C2H5FO3S/c1-2-6-7(3,4)5/h2H2,1H3. The summed E-state index contributed by atoms with van der Waals surface area (Å²) < 4.78 is 33.4. The van der Waals surface area contributed by atoms with E-state index in [1.807, 2.05) is 0 Å². The molecular weight excluding hydrogens is 123 g/mol. The van der Waals surface area contributed by atoms with Crippen LogP contribution in [0.5, 0.6) is 0 Å². The molecule has 0 saturated carbocycles. The van der Waals surface area contributed by atoms with Crippen LogP contribution in [-0.4, -0.2) is 15.0 Å². The van der Waals surface area contributed by atoms with E-state index in [0.29, 0.717) is 0 Å². The van der Waals surface area contributed by atoms with Gasteiger partial charge in [-0.05, 0) is 6.92 Å². The second kappa shape index (κ2) is 2.23. The summed E-state index contributed by atoms with van der Waals surface area (Å²) in [6.07, 6.45) is 0. The number of halogens is 1. The van der Waals surface area contributed by atoms with Crippen molar-refractivity contribution in [1.29, 1.82) is 0 Å². The highest BCUT2D eigenvalue weighted by Gasteiger charge is 2.01. The molecule has 0 aromatic rings. The molecule has 0 amide bonds. The van der Waals surface area contributed by atoms with Crippen LogP contribution < -0.4 is 0 Å². The van der Waals surface area contributed by atoms with Gasteiger partial charge in [0.25, 0.3) is 0 Å². The molecule has 0 atom stereocenters. The van der Waals surface area contributed by atoms with Crippen LogP contribution in [0.25, 0.3) is 0 Å². The maximum atomic E-state index is 11.1. The van der Waals surface area contributed by atoms with Gasteiger partial charge in [0.15, 0.2) is 0 Å². The predicted molar refractivity (Wildman–Crippen MR) is 21.7 cm³/mol. The van der Waals surface area contributed by atoms with E-state index in [-0.39, 0.29) is 6.61 Å². The van der Waals surface area contributed by atoms with Crippen LogP contribution >= 0.6 is 0 Å². The second-order valence-electron chi connectivity index (χ2n) is 0.800. The smallest absolute Gasteiger partial charge is 0.245 e. The SMILES string of the molecule is CCOS(=O)(=O)F. The fraction of sp³-hybridized carbons (Fsp3) is 1.00. The van der Waals surface area contributed by atoms with Crippen molar-refractivity contribution >= 4 is 10.5 Å². The monoisotopic (exact) mass is 128 g/mol. The molecule has 0 saturated heterocycles. The molecule has 0 bridgehead atoms. The van der Waals surface area contributed by atoms with Gasteiger partial charge in [-0.2, -0.15) is 8.42 Å². The van der Waals surface area contributed by atoms with Gasteiger partial charge in [-0.1, -0.05) is 3.89 Å². The zero-order valence-corrected chi connectivity index (χ0v) is 4.53. The first-order valence-electron chi connectivity index (χ1n) is 1.65. The van der Waals surface area contributed by atoms with E-state index in [4.69, 9.17) is 0 Å². The van der Waals surface area contributed by atoms with Crippen LogP contribution in [0.2, 0.25) is 0 Å². The van der Waals surface area contributed by atoms with Crippen molar-refractivity contribution in [2.75, 3.05) is 6.61 Å². The first-order chi connectivity index (χ1) is 3.06. The van der Waals surface area contributed by atoms with Gasteiger partial charge in [0.2, 0.25) is 0 Å². The minimum atomic E-state index is -4.67. The molecule has 0 aliphatic rings. The Labute approximate surface area is 41.5 Å². The topological polar surface area (TPSA) is 43.4 Å². The molecule has 0 aromatic heterocycles. The van der Waals surface area contributed by atoms with Gasteiger partial charge < -0.3 is 0 Å². The lowest BCUT2D eigenvalue weighted by molar-refractivity contribution is 0.311. The van der Waals surface area contributed by atoms with Crippen molar-refractivity contribution in [3.05, 3.63) is 0 Å². The molecular formula is C2H5FO3S. The average Bonchev–Trinajstić information content (AvgIpc) is 1.30. The Morgan fingerprint density at radius 3 is 2.14 bits per heavy atom. The second-order valence-corrected chi connectivity index (χ2v) is 1.82. The van der Waals surface area contributed by atoms with E-state index < -0.39 is 10.5 Å². The average molecular weight is 128 g/mol. The maximum Gasteiger partial charge on any atom is 0.437 e.